The molecule has 0 aliphatic heterocycles. The molecule has 4 aromatic carbocycles. The highest BCUT2D eigenvalue weighted by molar-refractivity contribution is 6.30. The fourth-order valence-corrected chi connectivity index (χ4v) is 3.77. The van der Waals surface area contributed by atoms with E-state index in [0.717, 1.165) is 17.2 Å². The summed E-state index contributed by atoms with van der Waals surface area (Å²) in [5.41, 5.74) is 0.672. The second-order valence-corrected chi connectivity index (χ2v) is 8.14. The Kier molecular flexibility index (Phi) is 7.71. The molecule has 0 aliphatic carbocycles. The van der Waals surface area contributed by atoms with E-state index in [4.69, 9.17) is 11.6 Å². The van der Waals surface area contributed by atoms with E-state index in [0.29, 0.717) is 16.3 Å². The molecule has 2 atom stereocenters. The largest absolute Gasteiger partial charge is 0.502 e. The van der Waals surface area contributed by atoms with E-state index in [-0.39, 0.29) is 18.1 Å². The van der Waals surface area contributed by atoms with E-state index in [1.807, 2.05) is 18.2 Å². The molecule has 34 heavy (non-hydrogen) atoms. The molecule has 0 bridgehead atoms. The van der Waals surface area contributed by atoms with Crippen molar-refractivity contribution in [1.29, 1.82) is 0 Å². The van der Waals surface area contributed by atoms with Gasteiger partial charge in [-0.05, 0) is 60.0 Å². The highest BCUT2D eigenvalue weighted by Crippen LogP contribution is 2.30. The minimum Gasteiger partial charge on any atom is -0.502 e. The van der Waals surface area contributed by atoms with E-state index < -0.39 is 40.3 Å². The van der Waals surface area contributed by atoms with E-state index in [2.05, 4.69) is 10.6 Å². The van der Waals surface area contributed by atoms with Gasteiger partial charge in [-0.1, -0.05) is 35.9 Å². The van der Waals surface area contributed by atoms with Crippen LogP contribution in [0.5, 0.6) is 5.75 Å². The first kappa shape index (κ1) is 25.4. The zero-order valence-corrected chi connectivity index (χ0v) is 19.4. The summed E-state index contributed by atoms with van der Waals surface area (Å²) in [7, 11) is 0. The van der Waals surface area contributed by atoms with E-state index >= 15 is 0 Å². The van der Waals surface area contributed by atoms with E-state index in [1.165, 1.54) is 12.1 Å². The summed E-state index contributed by atoms with van der Waals surface area (Å²) in [6, 6.07) is 16.7. The quantitative estimate of drug-likeness (QED) is 0.288. The molecule has 9 heteroatoms. The van der Waals surface area contributed by atoms with Gasteiger partial charge in [-0.3, -0.25) is 14.9 Å². The van der Waals surface area contributed by atoms with Gasteiger partial charge in [0.25, 0.3) is 10.9 Å². The fourth-order valence-electron chi connectivity index (χ4n) is 3.65. The zero-order chi connectivity index (χ0) is 23.7. The number of halogens is 4. The molecule has 5 nitrogen and oxygen atoms in total. The summed E-state index contributed by atoms with van der Waals surface area (Å²) >= 11 is 6.04. The van der Waals surface area contributed by atoms with Gasteiger partial charge in [0.15, 0.2) is 5.75 Å². The monoisotopic (exact) mass is 504 g/mol. The molecule has 0 amide bonds. The molecule has 3 N–H and O–H groups in total. The third-order valence-electron chi connectivity index (χ3n) is 5.38. The van der Waals surface area contributed by atoms with Crippen LogP contribution in [0.2, 0.25) is 5.02 Å². The Morgan fingerprint density at radius 2 is 1.50 bits per heavy atom. The topological polar surface area (TPSA) is 78.4 Å². The molecule has 0 fully saturated rings. The van der Waals surface area contributed by atoms with Gasteiger partial charge in [-0.15, -0.1) is 12.4 Å². The van der Waals surface area contributed by atoms with Crippen molar-refractivity contribution in [2.45, 2.75) is 19.0 Å². The molecule has 0 saturated carbocycles. The molecule has 1 unspecified atom stereocenters. The Morgan fingerprint density at radius 3 is 2.12 bits per heavy atom. The van der Waals surface area contributed by atoms with Crippen LogP contribution in [0, 0.1) is 11.6 Å². The van der Waals surface area contributed by atoms with Gasteiger partial charge < -0.3 is 10.4 Å². The van der Waals surface area contributed by atoms with Gasteiger partial charge in [0.2, 0.25) is 0 Å². The number of anilines is 2. The maximum atomic E-state index is 13.8. The SMILES string of the molecule is C[C@@H](NC(c1ccc(Cl)cc1)c1cccc(Nc2c(O)c(=O)c2=O)c1)c1cc(F)cc(F)c1.Cl. The lowest BCUT2D eigenvalue weighted by Crippen LogP contribution is -2.32. The zero-order valence-electron chi connectivity index (χ0n) is 17.8. The van der Waals surface area contributed by atoms with Crippen molar-refractivity contribution in [2.75, 3.05) is 5.32 Å². The van der Waals surface area contributed by atoms with Crippen LogP contribution < -0.4 is 21.5 Å². The highest BCUT2D eigenvalue weighted by atomic mass is 35.5. The van der Waals surface area contributed by atoms with Gasteiger partial charge in [0.05, 0.1) is 6.04 Å². The molecule has 0 radical (unpaired) electrons. The van der Waals surface area contributed by atoms with E-state index in [1.54, 1.807) is 37.3 Å². The number of aromatic hydroxyl groups is 1. The number of nitrogens with one attached hydrogen (secondary N) is 2. The predicted octanol–water partition coefficient (Wildman–Crippen LogP) is 5.53. The molecular weight excluding hydrogens is 485 g/mol. The average Bonchev–Trinajstić information content (AvgIpc) is 2.80. The van der Waals surface area contributed by atoms with Gasteiger partial charge in [-0.25, -0.2) is 8.78 Å². The fraction of sp³-hybridized carbons (Fsp3) is 0.120. The van der Waals surface area contributed by atoms with Crippen LogP contribution in [0.1, 0.15) is 35.7 Å². The summed E-state index contributed by atoms with van der Waals surface area (Å²) in [6.45, 7) is 1.79. The Balaban J connectivity index is 0.00000324. The minimum absolute atomic E-state index is 0. The number of hydrogen-bond acceptors (Lipinski definition) is 5. The van der Waals surface area contributed by atoms with Gasteiger partial charge in [0.1, 0.15) is 17.3 Å². The van der Waals surface area contributed by atoms with Crippen LogP contribution in [0.4, 0.5) is 20.2 Å². The van der Waals surface area contributed by atoms with Crippen molar-refractivity contribution >= 4 is 35.4 Å². The highest BCUT2D eigenvalue weighted by Gasteiger charge is 2.22. The van der Waals surface area contributed by atoms with Crippen molar-refractivity contribution in [3.8, 4) is 5.75 Å². The molecule has 0 aromatic heterocycles. The number of hydrogen-bond donors (Lipinski definition) is 3. The summed E-state index contributed by atoms with van der Waals surface area (Å²) in [6.07, 6.45) is 0. The minimum atomic E-state index is -0.925. The molecule has 0 saturated heterocycles. The standard InChI is InChI=1S/C25H19ClF2N2O3.ClH/c1-13(16-9-18(27)12-19(28)10-16)29-21(14-5-7-17(26)8-6-14)15-3-2-4-20(11-15)30-22-23(31)25(33)24(22)32;/h2-13,21,29-31H,1H3;1H/t13-,21?;/m1./s1. The molecule has 176 valence electrons. The normalized spacial score (nSPS) is 12.7. The lowest BCUT2D eigenvalue weighted by atomic mass is 9.96. The van der Waals surface area contributed by atoms with Crippen molar-refractivity contribution in [3.05, 3.63) is 121 Å². The van der Waals surface area contributed by atoms with Crippen LogP contribution in [-0.2, 0) is 0 Å². The molecule has 4 aromatic rings. The van der Waals surface area contributed by atoms with Crippen molar-refractivity contribution in [2.24, 2.45) is 0 Å². The molecular formula is C25H20Cl2F2N2O3. The molecule has 0 spiro atoms. The third-order valence-corrected chi connectivity index (χ3v) is 5.63. The predicted molar refractivity (Wildman–Crippen MR) is 131 cm³/mol. The van der Waals surface area contributed by atoms with Crippen molar-refractivity contribution in [3.63, 3.8) is 0 Å². The van der Waals surface area contributed by atoms with Crippen molar-refractivity contribution < 1.29 is 13.9 Å². The summed E-state index contributed by atoms with van der Waals surface area (Å²) < 4.78 is 27.5. The second-order valence-electron chi connectivity index (χ2n) is 7.71. The lowest BCUT2D eigenvalue weighted by molar-refractivity contribution is 0.466. The van der Waals surface area contributed by atoms with E-state index in [9.17, 15) is 23.5 Å². The molecule has 0 aliphatic rings. The van der Waals surface area contributed by atoms with Crippen LogP contribution >= 0.6 is 24.0 Å². The van der Waals surface area contributed by atoms with Gasteiger partial charge >= 0.3 is 0 Å². The van der Waals surface area contributed by atoms with Crippen LogP contribution in [-0.4, -0.2) is 5.11 Å². The molecule has 4 rings (SSSR count). The second kappa shape index (κ2) is 10.3. The van der Waals surface area contributed by atoms with Crippen LogP contribution in [0.25, 0.3) is 0 Å². The average molecular weight is 505 g/mol. The maximum absolute atomic E-state index is 13.8. The first-order valence-electron chi connectivity index (χ1n) is 10.1. The Bertz CT molecular complexity index is 1370. The number of benzene rings is 3. The smallest absolute Gasteiger partial charge is 0.271 e. The summed E-state index contributed by atoms with van der Waals surface area (Å²) in [5, 5.41) is 16.4. The van der Waals surface area contributed by atoms with Crippen molar-refractivity contribution in [1.82, 2.24) is 5.32 Å². The first-order valence-corrected chi connectivity index (χ1v) is 10.5. The van der Waals surface area contributed by atoms with Gasteiger partial charge in [-0.2, -0.15) is 0 Å². The third kappa shape index (κ3) is 5.28. The summed E-state index contributed by atoms with van der Waals surface area (Å²) in [5.74, 6) is -1.93. The van der Waals surface area contributed by atoms with Crippen LogP contribution in [0.3, 0.4) is 0 Å². The number of rotatable bonds is 7. The maximum Gasteiger partial charge on any atom is 0.271 e. The van der Waals surface area contributed by atoms with Crippen LogP contribution in [0.15, 0.2) is 76.3 Å². The van der Waals surface area contributed by atoms with Gasteiger partial charge in [0, 0.05) is 22.8 Å². The Labute approximate surface area is 205 Å². The lowest BCUT2D eigenvalue weighted by Gasteiger charge is -2.25. The Hall–Kier alpha value is -3.26. The Morgan fingerprint density at radius 1 is 0.853 bits per heavy atom. The first-order chi connectivity index (χ1) is 15.7. The summed E-state index contributed by atoms with van der Waals surface area (Å²) in [4.78, 5) is 23.0. The molecule has 0 heterocycles.